The molecule has 0 spiro atoms. The molecule has 0 aromatic rings. The minimum absolute atomic E-state index is 0.111. The molecule has 0 aliphatic heterocycles. The summed E-state index contributed by atoms with van der Waals surface area (Å²) in [5, 5.41) is 15.1. The Balaban J connectivity index is 4.07. The van der Waals surface area contributed by atoms with Crippen LogP contribution >= 0.6 is 0 Å². The van der Waals surface area contributed by atoms with Gasteiger partial charge in [0.2, 0.25) is 11.8 Å². The van der Waals surface area contributed by atoms with Crippen LogP contribution in [0.2, 0.25) is 0 Å². The van der Waals surface area contributed by atoms with Gasteiger partial charge in [0, 0.05) is 12.5 Å². The van der Waals surface area contributed by atoms with Crippen molar-refractivity contribution in [3.05, 3.63) is 12.7 Å². The number of hydrogen-bond donors (Lipinski definition) is 2. The van der Waals surface area contributed by atoms with Gasteiger partial charge >= 0.3 is 0 Å². The maximum Gasteiger partial charge on any atom is 0.245 e. The van der Waals surface area contributed by atoms with Crippen molar-refractivity contribution >= 4 is 17.8 Å². The second kappa shape index (κ2) is 6.67. The van der Waals surface area contributed by atoms with Gasteiger partial charge in [-0.15, -0.1) is 0 Å². The highest BCUT2D eigenvalue weighted by Gasteiger charge is 2.28. The smallest absolute Gasteiger partial charge is 0.245 e. The molecule has 0 saturated heterocycles. The zero-order chi connectivity index (χ0) is 13.5. The zero-order valence-corrected chi connectivity index (χ0v) is 10.0. The Bertz CT molecular complexity index is 323. The number of nitrogens with one attached hydrogen (secondary N) is 2. The van der Waals surface area contributed by atoms with Crippen LogP contribution in [0.3, 0.4) is 0 Å². The highest BCUT2D eigenvalue weighted by Crippen LogP contribution is 2.02. The third kappa shape index (κ3) is 6.34. The molecule has 0 atom stereocenters. The number of carboxylic acids is 1. The van der Waals surface area contributed by atoms with Crippen molar-refractivity contribution < 1.29 is 19.5 Å². The number of aliphatic carboxylic acids is 1. The molecule has 2 amide bonds. The fourth-order valence-corrected chi connectivity index (χ4v) is 1.07. The molecular formula is C11H17N2O4-. The van der Waals surface area contributed by atoms with E-state index in [1.54, 1.807) is 13.8 Å². The molecule has 0 aromatic heterocycles. The fraction of sp³-hybridized carbons (Fsp3) is 0.545. The first-order chi connectivity index (χ1) is 7.79. The Labute approximate surface area is 100 Å². The van der Waals surface area contributed by atoms with E-state index < -0.39 is 17.4 Å². The van der Waals surface area contributed by atoms with E-state index >= 15 is 0 Å². The van der Waals surface area contributed by atoms with Gasteiger partial charge in [-0.3, -0.25) is 9.59 Å². The summed E-state index contributed by atoms with van der Waals surface area (Å²) in [5.74, 6) is -1.98. The van der Waals surface area contributed by atoms with Crippen molar-refractivity contribution in [3.63, 3.8) is 0 Å². The molecule has 0 aliphatic carbocycles. The van der Waals surface area contributed by atoms with Gasteiger partial charge in [0.1, 0.15) is 5.54 Å². The Morgan fingerprint density at radius 1 is 1.35 bits per heavy atom. The molecule has 6 nitrogen and oxygen atoms in total. The quantitative estimate of drug-likeness (QED) is 0.428. The predicted molar refractivity (Wildman–Crippen MR) is 59.7 cm³/mol. The van der Waals surface area contributed by atoms with Crippen LogP contribution in [0.1, 0.15) is 26.7 Å². The van der Waals surface area contributed by atoms with Crippen LogP contribution in [0.5, 0.6) is 0 Å². The molecule has 0 rings (SSSR count). The fourth-order valence-electron chi connectivity index (χ4n) is 1.07. The van der Waals surface area contributed by atoms with Crippen molar-refractivity contribution in [1.29, 1.82) is 0 Å². The topological polar surface area (TPSA) is 98.3 Å². The number of carbonyl (C=O) groups excluding carboxylic acids is 3. The molecule has 6 heteroatoms. The van der Waals surface area contributed by atoms with Crippen LogP contribution in [-0.4, -0.2) is 29.9 Å². The normalized spacial score (nSPS) is 10.5. The monoisotopic (exact) mass is 241 g/mol. The average Bonchev–Trinajstić information content (AvgIpc) is 2.22. The molecule has 0 saturated carbocycles. The lowest BCUT2D eigenvalue weighted by atomic mass is 10.0. The molecule has 0 aromatic carbocycles. The molecule has 0 heterocycles. The van der Waals surface area contributed by atoms with Gasteiger partial charge in [-0.1, -0.05) is 6.58 Å². The summed E-state index contributed by atoms with van der Waals surface area (Å²) in [6.45, 7) is 6.59. The summed E-state index contributed by atoms with van der Waals surface area (Å²) < 4.78 is 0. The maximum atomic E-state index is 11.6. The summed E-state index contributed by atoms with van der Waals surface area (Å²) >= 11 is 0. The molecule has 0 aliphatic rings. The molecular weight excluding hydrogens is 224 g/mol. The van der Waals surface area contributed by atoms with Crippen LogP contribution in [0.15, 0.2) is 12.7 Å². The van der Waals surface area contributed by atoms with Crippen LogP contribution in [0.25, 0.3) is 0 Å². The van der Waals surface area contributed by atoms with Crippen molar-refractivity contribution in [2.75, 3.05) is 6.54 Å². The highest BCUT2D eigenvalue weighted by atomic mass is 16.4. The largest absolute Gasteiger partial charge is 0.550 e. The zero-order valence-electron chi connectivity index (χ0n) is 10.0. The standard InChI is InChI=1S/C11H18N2O4/c1-4-8(14)13-11(2,3)10(17)12-7-5-6-9(15)16/h4H,1,5-7H2,2-3H3,(H,12,17)(H,13,14)(H,15,16)/p-1. The average molecular weight is 241 g/mol. The van der Waals surface area contributed by atoms with Gasteiger partial charge in [-0.25, -0.2) is 0 Å². The lowest BCUT2D eigenvalue weighted by Crippen LogP contribution is -2.54. The Morgan fingerprint density at radius 2 is 1.94 bits per heavy atom. The third-order valence-corrected chi connectivity index (χ3v) is 2.03. The SMILES string of the molecule is C=CC(=O)NC(C)(C)C(=O)NCCCC(=O)[O-]. The first-order valence-corrected chi connectivity index (χ1v) is 5.22. The summed E-state index contributed by atoms with van der Waals surface area (Å²) in [6.07, 6.45) is 1.25. The van der Waals surface area contributed by atoms with Crippen molar-refractivity contribution in [1.82, 2.24) is 10.6 Å². The number of rotatable bonds is 7. The molecule has 0 bridgehead atoms. The Kier molecular flexibility index (Phi) is 5.95. The first-order valence-electron chi connectivity index (χ1n) is 5.22. The number of hydrogen-bond acceptors (Lipinski definition) is 4. The molecule has 0 unspecified atom stereocenters. The number of carboxylic acid groups (broad SMARTS) is 1. The molecule has 0 fully saturated rings. The van der Waals surface area contributed by atoms with E-state index in [0.717, 1.165) is 6.08 Å². The summed E-state index contributed by atoms with van der Waals surface area (Å²) in [6, 6.07) is 0. The van der Waals surface area contributed by atoms with E-state index in [0.29, 0.717) is 6.42 Å². The van der Waals surface area contributed by atoms with Gasteiger partial charge in [0.15, 0.2) is 0 Å². The molecule has 0 radical (unpaired) electrons. The van der Waals surface area contributed by atoms with Crippen molar-refractivity contribution in [2.24, 2.45) is 0 Å². The molecule has 96 valence electrons. The molecule has 2 N–H and O–H groups in total. The highest BCUT2D eigenvalue weighted by molar-refractivity contribution is 5.94. The maximum absolute atomic E-state index is 11.6. The number of amides is 2. The second-order valence-electron chi connectivity index (χ2n) is 4.05. The van der Waals surface area contributed by atoms with Crippen molar-refractivity contribution in [2.45, 2.75) is 32.2 Å². The summed E-state index contributed by atoms with van der Waals surface area (Å²) in [7, 11) is 0. The number of carbonyl (C=O) groups is 3. The summed E-state index contributed by atoms with van der Waals surface area (Å²) in [5.41, 5.74) is -1.06. The Morgan fingerprint density at radius 3 is 2.41 bits per heavy atom. The Hall–Kier alpha value is -1.85. The lowest BCUT2D eigenvalue weighted by molar-refractivity contribution is -0.305. The van der Waals surface area contributed by atoms with Crippen LogP contribution in [-0.2, 0) is 14.4 Å². The van der Waals surface area contributed by atoms with Gasteiger partial charge in [-0.2, -0.15) is 0 Å². The van der Waals surface area contributed by atoms with E-state index in [4.69, 9.17) is 0 Å². The minimum atomic E-state index is -1.15. The van der Waals surface area contributed by atoms with Gasteiger partial charge < -0.3 is 20.5 Å². The first kappa shape index (κ1) is 15.2. The van der Waals surface area contributed by atoms with Gasteiger partial charge in [-0.05, 0) is 32.8 Å². The predicted octanol–water partition coefficient (Wildman–Crippen LogP) is -1.29. The van der Waals surface area contributed by atoms with E-state index in [-0.39, 0.29) is 18.9 Å². The molecule has 17 heavy (non-hydrogen) atoms. The van der Waals surface area contributed by atoms with E-state index in [1.165, 1.54) is 0 Å². The van der Waals surface area contributed by atoms with E-state index in [1.807, 2.05) is 0 Å². The van der Waals surface area contributed by atoms with Gasteiger partial charge in [0.25, 0.3) is 0 Å². The van der Waals surface area contributed by atoms with E-state index in [9.17, 15) is 19.5 Å². The van der Waals surface area contributed by atoms with Gasteiger partial charge in [0.05, 0.1) is 0 Å². The lowest BCUT2D eigenvalue weighted by Gasteiger charge is -2.24. The summed E-state index contributed by atoms with van der Waals surface area (Å²) in [4.78, 5) is 32.8. The van der Waals surface area contributed by atoms with Crippen LogP contribution < -0.4 is 15.7 Å². The van der Waals surface area contributed by atoms with Crippen LogP contribution in [0.4, 0.5) is 0 Å². The third-order valence-electron chi connectivity index (χ3n) is 2.03. The minimum Gasteiger partial charge on any atom is -0.550 e. The van der Waals surface area contributed by atoms with Crippen LogP contribution in [0, 0.1) is 0 Å². The van der Waals surface area contributed by atoms with Crippen molar-refractivity contribution in [3.8, 4) is 0 Å². The second-order valence-corrected chi connectivity index (χ2v) is 4.05. The van der Waals surface area contributed by atoms with E-state index in [2.05, 4.69) is 17.2 Å².